The first-order valence-corrected chi connectivity index (χ1v) is 6.67. The molecule has 1 aromatic rings. The van der Waals surface area contributed by atoms with Crippen molar-refractivity contribution in [3.05, 3.63) is 23.8 Å². The second-order valence-corrected chi connectivity index (χ2v) is 5.76. The molecule has 1 fully saturated rings. The zero-order chi connectivity index (χ0) is 12.8. The fourth-order valence-electron chi connectivity index (χ4n) is 3.37. The van der Waals surface area contributed by atoms with E-state index in [1.165, 1.54) is 6.42 Å². The van der Waals surface area contributed by atoms with Gasteiger partial charge in [-0.15, -0.1) is 0 Å². The van der Waals surface area contributed by atoms with Crippen molar-refractivity contribution >= 4 is 0 Å². The van der Waals surface area contributed by atoms with Gasteiger partial charge < -0.3 is 14.6 Å². The zero-order valence-electron chi connectivity index (χ0n) is 11.0. The number of fused-ring (bicyclic) bond motifs is 1. The summed E-state index contributed by atoms with van der Waals surface area (Å²) >= 11 is 0. The van der Waals surface area contributed by atoms with E-state index >= 15 is 0 Å². The molecule has 1 heterocycles. The molecule has 0 aromatic heterocycles. The molecule has 3 atom stereocenters. The van der Waals surface area contributed by atoms with E-state index in [2.05, 4.69) is 6.92 Å². The number of hydrogen-bond donors (Lipinski definition) is 1. The van der Waals surface area contributed by atoms with Crippen LogP contribution in [0.4, 0.5) is 0 Å². The van der Waals surface area contributed by atoms with Gasteiger partial charge in [-0.1, -0.05) is 6.92 Å². The van der Waals surface area contributed by atoms with Gasteiger partial charge in [0, 0.05) is 18.1 Å². The van der Waals surface area contributed by atoms with Crippen LogP contribution in [-0.2, 0) is 0 Å². The predicted octanol–water partition coefficient (Wildman–Crippen LogP) is 3.07. The van der Waals surface area contributed by atoms with Crippen LogP contribution in [0.15, 0.2) is 18.2 Å². The van der Waals surface area contributed by atoms with Crippen LogP contribution in [-0.4, -0.2) is 17.8 Å². The summed E-state index contributed by atoms with van der Waals surface area (Å²) in [7, 11) is 1.65. The standard InChI is InChI=1S/C15H20O3/c1-10-5-6-15(8-10)9-13(16)12-4-3-11(17-2)7-14(12)18-15/h3-4,7,10,13,16H,5-6,8-9H2,1-2H3/t10?,13-,15?/m0/s1. The number of methoxy groups -OCH3 is 1. The van der Waals surface area contributed by atoms with E-state index in [0.717, 1.165) is 36.3 Å². The fourth-order valence-corrected chi connectivity index (χ4v) is 3.37. The molecule has 0 saturated heterocycles. The van der Waals surface area contributed by atoms with E-state index in [1.807, 2.05) is 18.2 Å². The number of aliphatic hydroxyl groups excluding tert-OH is 1. The second kappa shape index (κ2) is 4.16. The maximum absolute atomic E-state index is 10.3. The van der Waals surface area contributed by atoms with Gasteiger partial charge >= 0.3 is 0 Å². The van der Waals surface area contributed by atoms with Crippen LogP contribution in [0.25, 0.3) is 0 Å². The Morgan fingerprint density at radius 2 is 2.22 bits per heavy atom. The van der Waals surface area contributed by atoms with Gasteiger partial charge in [0.2, 0.25) is 0 Å². The lowest BCUT2D eigenvalue weighted by atomic mass is 9.87. The first kappa shape index (κ1) is 11.8. The van der Waals surface area contributed by atoms with Gasteiger partial charge in [0.25, 0.3) is 0 Å². The lowest BCUT2D eigenvalue weighted by Gasteiger charge is -2.38. The van der Waals surface area contributed by atoms with Crippen molar-refractivity contribution in [3.8, 4) is 11.5 Å². The lowest BCUT2D eigenvalue weighted by Crippen LogP contribution is -2.38. The summed E-state index contributed by atoms with van der Waals surface area (Å²) in [6.07, 6.45) is 3.58. The quantitative estimate of drug-likeness (QED) is 0.830. The second-order valence-electron chi connectivity index (χ2n) is 5.76. The van der Waals surface area contributed by atoms with E-state index < -0.39 is 6.10 Å². The van der Waals surface area contributed by atoms with Crippen molar-refractivity contribution in [2.75, 3.05) is 7.11 Å². The molecule has 3 rings (SSSR count). The summed E-state index contributed by atoms with van der Waals surface area (Å²) in [6.45, 7) is 2.26. The summed E-state index contributed by atoms with van der Waals surface area (Å²) in [6, 6.07) is 5.67. The van der Waals surface area contributed by atoms with Gasteiger partial charge in [-0.05, 0) is 37.3 Å². The van der Waals surface area contributed by atoms with E-state index in [4.69, 9.17) is 9.47 Å². The summed E-state index contributed by atoms with van der Waals surface area (Å²) in [4.78, 5) is 0. The molecule has 1 saturated carbocycles. The predicted molar refractivity (Wildman–Crippen MR) is 68.9 cm³/mol. The number of aliphatic hydroxyl groups is 1. The Labute approximate surface area is 108 Å². The Hall–Kier alpha value is -1.22. The van der Waals surface area contributed by atoms with Gasteiger partial charge in [0.05, 0.1) is 13.2 Å². The Bertz CT molecular complexity index is 457. The molecule has 1 aliphatic carbocycles. The largest absolute Gasteiger partial charge is 0.497 e. The lowest BCUT2D eigenvalue weighted by molar-refractivity contribution is -0.0117. The molecule has 2 unspecified atom stereocenters. The van der Waals surface area contributed by atoms with Crippen LogP contribution in [0.2, 0.25) is 0 Å². The molecule has 0 radical (unpaired) electrons. The summed E-state index contributed by atoms with van der Waals surface area (Å²) in [5.41, 5.74) is 0.735. The molecular formula is C15H20O3. The van der Waals surface area contributed by atoms with E-state index in [0.29, 0.717) is 5.92 Å². The minimum atomic E-state index is -0.412. The van der Waals surface area contributed by atoms with Crippen molar-refractivity contribution < 1.29 is 14.6 Å². The maximum atomic E-state index is 10.3. The molecule has 1 aliphatic heterocycles. The topological polar surface area (TPSA) is 38.7 Å². The van der Waals surface area contributed by atoms with Crippen molar-refractivity contribution in [2.45, 2.75) is 44.3 Å². The van der Waals surface area contributed by atoms with Gasteiger partial charge in [0.1, 0.15) is 17.1 Å². The van der Waals surface area contributed by atoms with E-state index in [1.54, 1.807) is 7.11 Å². The first-order chi connectivity index (χ1) is 8.62. The third-order valence-corrected chi connectivity index (χ3v) is 4.28. The fraction of sp³-hybridized carbons (Fsp3) is 0.600. The molecule has 2 aliphatic rings. The highest BCUT2D eigenvalue weighted by Crippen LogP contribution is 2.49. The minimum Gasteiger partial charge on any atom is -0.497 e. The number of hydrogen-bond acceptors (Lipinski definition) is 3. The Kier molecular flexibility index (Phi) is 2.74. The third-order valence-electron chi connectivity index (χ3n) is 4.28. The van der Waals surface area contributed by atoms with Crippen LogP contribution in [0, 0.1) is 5.92 Å². The summed E-state index contributed by atoms with van der Waals surface area (Å²) in [5, 5.41) is 10.3. The number of benzene rings is 1. The van der Waals surface area contributed by atoms with Crippen molar-refractivity contribution in [2.24, 2.45) is 5.92 Å². The minimum absolute atomic E-state index is 0.155. The zero-order valence-corrected chi connectivity index (χ0v) is 11.0. The van der Waals surface area contributed by atoms with Crippen molar-refractivity contribution in [3.63, 3.8) is 0 Å². The van der Waals surface area contributed by atoms with E-state index in [-0.39, 0.29) is 5.60 Å². The highest BCUT2D eigenvalue weighted by atomic mass is 16.5. The Morgan fingerprint density at radius 3 is 2.89 bits per heavy atom. The van der Waals surface area contributed by atoms with Crippen LogP contribution in [0.5, 0.6) is 11.5 Å². The molecule has 98 valence electrons. The smallest absolute Gasteiger partial charge is 0.129 e. The molecule has 1 spiro atoms. The van der Waals surface area contributed by atoms with Crippen LogP contribution in [0.1, 0.15) is 44.3 Å². The molecule has 0 amide bonds. The molecule has 3 heteroatoms. The average Bonchev–Trinajstić information content (AvgIpc) is 2.69. The number of rotatable bonds is 1. The average molecular weight is 248 g/mol. The van der Waals surface area contributed by atoms with Gasteiger partial charge in [-0.3, -0.25) is 0 Å². The highest BCUT2D eigenvalue weighted by molar-refractivity contribution is 5.44. The molecule has 1 N–H and O–H groups in total. The summed E-state index contributed by atoms with van der Waals surface area (Å²) < 4.78 is 11.4. The third kappa shape index (κ3) is 1.87. The number of ether oxygens (including phenoxy) is 2. The first-order valence-electron chi connectivity index (χ1n) is 6.67. The monoisotopic (exact) mass is 248 g/mol. The van der Waals surface area contributed by atoms with Crippen molar-refractivity contribution in [1.29, 1.82) is 0 Å². The van der Waals surface area contributed by atoms with Crippen LogP contribution < -0.4 is 9.47 Å². The highest BCUT2D eigenvalue weighted by Gasteiger charge is 2.45. The molecular weight excluding hydrogens is 228 g/mol. The van der Waals surface area contributed by atoms with Crippen LogP contribution in [0.3, 0.4) is 0 Å². The van der Waals surface area contributed by atoms with Crippen molar-refractivity contribution in [1.82, 2.24) is 0 Å². The molecule has 0 bridgehead atoms. The molecule has 3 nitrogen and oxygen atoms in total. The maximum Gasteiger partial charge on any atom is 0.129 e. The van der Waals surface area contributed by atoms with Crippen LogP contribution >= 0.6 is 0 Å². The SMILES string of the molecule is COc1ccc2c(c1)OC1(CCC(C)C1)C[C@@H]2O. The van der Waals surface area contributed by atoms with Gasteiger partial charge in [-0.2, -0.15) is 0 Å². The molecule has 1 aromatic carbocycles. The Balaban J connectivity index is 1.95. The molecule has 18 heavy (non-hydrogen) atoms. The summed E-state index contributed by atoms with van der Waals surface area (Å²) in [5.74, 6) is 2.26. The van der Waals surface area contributed by atoms with Gasteiger partial charge in [0.15, 0.2) is 0 Å². The normalized spacial score (nSPS) is 34.2. The van der Waals surface area contributed by atoms with E-state index in [9.17, 15) is 5.11 Å². The Morgan fingerprint density at radius 1 is 1.39 bits per heavy atom. The van der Waals surface area contributed by atoms with Gasteiger partial charge in [-0.25, -0.2) is 0 Å².